The Balaban J connectivity index is 1.36. The molecule has 0 fully saturated rings. The zero-order chi connectivity index (χ0) is 26.0. The van der Waals surface area contributed by atoms with Crippen LogP contribution >= 0.6 is 23.2 Å². The summed E-state index contributed by atoms with van der Waals surface area (Å²) in [6, 6.07) is 27.1. The lowest BCUT2D eigenvalue weighted by Gasteiger charge is -2.11. The van der Waals surface area contributed by atoms with Gasteiger partial charge in [-0.15, -0.1) is 0 Å². The molecule has 0 bridgehead atoms. The molecule has 1 N–H and O–H groups in total. The van der Waals surface area contributed by atoms with E-state index in [-0.39, 0.29) is 0 Å². The van der Waals surface area contributed by atoms with Crippen molar-refractivity contribution in [3.63, 3.8) is 0 Å². The molecule has 0 saturated carbocycles. The summed E-state index contributed by atoms with van der Waals surface area (Å²) in [7, 11) is 1.56. The first-order valence-electron chi connectivity index (χ1n) is 11.4. The van der Waals surface area contributed by atoms with Crippen molar-refractivity contribution in [2.75, 3.05) is 7.11 Å². The third-order valence-electron chi connectivity index (χ3n) is 5.31. The number of hydrogen-bond acceptors (Lipinski definition) is 5. The number of carbonyl (C=O) groups is 1. The molecule has 1 amide bonds. The number of hydrazone groups is 1. The minimum Gasteiger partial charge on any atom is -0.493 e. The van der Waals surface area contributed by atoms with E-state index in [0.717, 1.165) is 16.7 Å². The fourth-order valence-electron chi connectivity index (χ4n) is 3.37. The molecule has 0 radical (unpaired) electrons. The maximum Gasteiger partial charge on any atom is 0.275 e. The van der Waals surface area contributed by atoms with Gasteiger partial charge in [-0.3, -0.25) is 4.79 Å². The summed E-state index contributed by atoms with van der Waals surface area (Å²) in [4.78, 5) is 12.8. The van der Waals surface area contributed by atoms with Crippen molar-refractivity contribution in [2.45, 2.75) is 13.2 Å². The normalized spacial score (nSPS) is 10.8. The molecular weight excluding hydrogens is 511 g/mol. The number of amides is 1. The Hall–Kier alpha value is -4.00. The molecule has 4 aromatic carbocycles. The van der Waals surface area contributed by atoms with Gasteiger partial charge < -0.3 is 14.2 Å². The highest BCUT2D eigenvalue weighted by atomic mass is 35.5. The second-order valence-corrected chi connectivity index (χ2v) is 8.81. The molecule has 4 rings (SSSR count). The second kappa shape index (κ2) is 12.8. The quantitative estimate of drug-likeness (QED) is 0.177. The van der Waals surface area contributed by atoms with Crippen molar-refractivity contribution < 1.29 is 19.0 Å². The molecule has 0 heterocycles. The Morgan fingerprint density at radius 2 is 1.38 bits per heavy atom. The van der Waals surface area contributed by atoms with E-state index in [4.69, 9.17) is 37.4 Å². The molecule has 0 aliphatic rings. The van der Waals surface area contributed by atoms with Crippen molar-refractivity contribution in [1.29, 1.82) is 0 Å². The van der Waals surface area contributed by atoms with Gasteiger partial charge in [0.25, 0.3) is 5.91 Å². The summed E-state index contributed by atoms with van der Waals surface area (Å²) in [5.41, 5.74) is 5.57. The van der Waals surface area contributed by atoms with Crippen LogP contribution in [0.4, 0.5) is 0 Å². The Kier molecular flexibility index (Phi) is 9.03. The maximum atomic E-state index is 12.8. The van der Waals surface area contributed by atoms with Crippen molar-refractivity contribution >= 4 is 35.3 Å². The Morgan fingerprint density at radius 3 is 2.00 bits per heavy atom. The zero-order valence-corrected chi connectivity index (χ0v) is 21.5. The number of halogens is 2. The Morgan fingerprint density at radius 1 is 0.784 bits per heavy atom. The SMILES string of the molecule is COc1cc(C=NNC(=O)c2ccccc2OCc2ccc(Cl)cc2)ccc1OCc1ccc(Cl)cc1. The van der Waals surface area contributed by atoms with Gasteiger partial charge in [0.05, 0.1) is 18.9 Å². The number of nitrogens with one attached hydrogen (secondary N) is 1. The standard InChI is InChI=1S/C29H24Cl2N2O4/c1-35-28-16-22(10-15-27(28)37-19-21-8-13-24(31)14-9-21)17-32-33-29(34)25-4-2-3-5-26(25)36-18-20-6-11-23(30)12-7-20/h2-17H,18-19H2,1H3,(H,33,34). The molecule has 8 heteroatoms. The zero-order valence-electron chi connectivity index (χ0n) is 20.0. The number of ether oxygens (including phenoxy) is 3. The number of carbonyl (C=O) groups excluding carboxylic acids is 1. The van der Waals surface area contributed by atoms with E-state index in [1.807, 2.05) is 42.5 Å². The minimum atomic E-state index is -0.391. The molecule has 0 atom stereocenters. The van der Waals surface area contributed by atoms with Crippen LogP contribution in [-0.4, -0.2) is 19.2 Å². The van der Waals surface area contributed by atoms with Crippen molar-refractivity contribution in [1.82, 2.24) is 5.43 Å². The molecule has 188 valence electrons. The first-order valence-corrected chi connectivity index (χ1v) is 12.1. The van der Waals surface area contributed by atoms with E-state index in [9.17, 15) is 4.79 Å². The van der Waals surface area contributed by atoms with Gasteiger partial charge >= 0.3 is 0 Å². The van der Waals surface area contributed by atoms with Gasteiger partial charge in [0, 0.05) is 10.0 Å². The van der Waals surface area contributed by atoms with Crippen molar-refractivity contribution in [2.24, 2.45) is 5.10 Å². The van der Waals surface area contributed by atoms with Crippen LogP contribution in [0.5, 0.6) is 17.2 Å². The third-order valence-corrected chi connectivity index (χ3v) is 5.82. The highest BCUT2D eigenvalue weighted by Crippen LogP contribution is 2.28. The van der Waals surface area contributed by atoms with Gasteiger partial charge in [-0.25, -0.2) is 5.43 Å². The smallest absolute Gasteiger partial charge is 0.275 e. The van der Waals surface area contributed by atoms with Crippen LogP contribution in [-0.2, 0) is 13.2 Å². The molecule has 0 unspecified atom stereocenters. The molecule has 0 aliphatic heterocycles. The largest absolute Gasteiger partial charge is 0.493 e. The third kappa shape index (κ3) is 7.49. The minimum absolute atomic E-state index is 0.303. The van der Waals surface area contributed by atoms with E-state index >= 15 is 0 Å². The molecule has 37 heavy (non-hydrogen) atoms. The summed E-state index contributed by atoms with van der Waals surface area (Å²) < 4.78 is 17.2. The molecule has 0 aliphatic carbocycles. The van der Waals surface area contributed by atoms with Crippen molar-refractivity contribution in [3.8, 4) is 17.2 Å². The number of para-hydroxylation sites is 1. The second-order valence-electron chi connectivity index (χ2n) is 7.94. The van der Waals surface area contributed by atoms with Crippen LogP contribution in [0.2, 0.25) is 10.0 Å². The van der Waals surface area contributed by atoms with Gasteiger partial charge in [0.15, 0.2) is 11.5 Å². The lowest BCUT2D eigenvalue weighted by atomic mass is 10.2. The lowest BCUT2D eigenvalue weighted by molar-refractivity contribution is 0.0950. The average Bonchev–Trinajstić information content (AvgIpc) is 2.93. The van der Waals surface area contributed by atoms with E-state index in [0.29, 0.717) is 46.1 Å². The summed E-state index contributed by atoms with van der Waals surface area (Å²) >= 11 is 11.9. The first-order chi connectivity index (χ1) is 18.0. The van der Waals surface area contributed by atoms with Gasteiger partial charge in [0.2, 0.25) is 0 Å². The Bertz CT molecular complexity index is 1370. The number of benzene rings is 4. The summed E-state index contributed by atoms with van der Waals surface area (Å²) in [5, 5.41) is 5.41. The van der Waals surface area contributed by atoms with Gasteiger partial charge in [-0.05, 0) is 71.3 Å². The highest BCUT2D eigenvalue weighted by Gasteiger charge is 2.12. The first kappa shape index (κ1) is 26.1. The summed E-state index contributed by atoms with van der Waals surface area (Å²) in [6.45, 7) is 0.674. The number of nitrogens with zero attached hydrogens (tertiary/aromatic N) is 1. The van der Waals surface area contributed by atoms with E-state index < -0.39 is 5.91 Å². The van der Waals surface area contributed by atoms with Crippen LogP contribution in [0.1, 0.15) is 27.0 Å². The topological polar surface area (TPSA) is 69.2 Å². The van der Waals surface area contributed by atoms with Gasteiger partial charge in [-0.2, -0.15) is 5.10 Å². The predicted molar refractivity (Wildman–Crippen MR) is 146 cm³/mol. The molecule has 0 spiro atoms. The number of rotatable bonds is 10. The molecular formula is C29H24Cl2N2O4. The van der Waals surface area contributed by atoms with Gasteiger partial charge in [0.1, 0.15) is 19.0 Å². The maximum absolute atomic E-state index is 12.8. The predicted octanol–water partition coefficient (Wildman–Crippen LogP) is 6.92. The average molecular weight is 535 g/mol. The highest BCUT2D eigenvalue weighted by molar-refractivity contribution is 6.30. The fourth-order valence-corrected chi connectivity index (χ4v) is 3.62. The van der Waals surface area contributed by atoms with E-state index in [2.05, 4.69) is 10.5 Å². The van der Waals surface area contributed by atoms with Crippen molar-refractivity contribution in [3.05, 3.63) is 123 Å². The number of hydrogen-bond donors (Lipinski definition) is 1. The van der Waals surface area contributed by atoms with Crippen LogP contribution in [0.3, 0.4) is 0 Å². The molecule has 0 aromatic heterocycles. The van der Waals surface area contributed by atoms with Crippen LogP contribution < -0.4 is 19.6 Å². The van der Waals surface area contributed by atoms with Crippen LogP contribution in [0.15, 0.2) is 96.1 Å². The van der Waals surface area contributed by atoms with E-state index in [1.54, 1.807) is 55.6 Å². The monoisotopic (exact) mass is 534 g/mol. The summed E-state index contributed by atoms with van der Waals surface area (Å²) in [6.07, 6.45) is 1.53. The molecule has 4 aromatic rings. The molecule has 0 saturated heterocycles. The van der Waals surface area contributed by atoms with Gasteiger partial charge in [-0.1, -0.05) is 59.6 Å². The number of methoxy groups -OCH3 is 1. The Labute approximate surface area is 225 Å². The molecule has 6 nitrogen and oxygen atoms in total. The van der Waals surface area contributed by atoms with Crippen LogP contribution in [0.25, 0.3) is 0 Å². The van der Waals surface area contributed by atoms with Crippen LogP contribution in [0, 0.1) is 0 Å². The lowest BCUT2D eigenvalue weighted by Crippen LogP contribution is -2.18. The summed E-state index contributed by atoms with van der Waals surface area (Å²) in [5.74, 6) is 1.20. The van der Waals surface area contributed by atoms with E-state index in [1.165, 1.54) is 6.21 Å². The fraction of sp³-hybridized carbons (Fsp3) is 0.103.